The second-order valence-electron chi connectivity index (χ2n) is 5.22. The first-order valence-corrected chi connectivity index (χ1v) is 6.05. The van der Waals surface area contributed by atoms with Gasteiger partial charge in [-0.05, 0) is 24.8 Å². The van der Waals surface area contributed by atoms with E-state index in [1.54, 1.807) is 0 Å². The van der Waals surface area contributed by atoms with Gasteiger partial charge in [-0.15, -0.1) is 0 Å². The molecule has 2 nitrogen and oxygen atoms in total. The Morgan fingerprint density at radius 1 is 0.900 bits per heavy atom. The van der Waals surface area contributed by atoms with Gasteiger partial charge in [0.1, 0.15) is 0 Å². The Hall–Kier alpha value is -1.37. The summed E-state index contributed by atoms with van der Waals surface area (Å²) in [5, 5.41) is 0. The van der Waals surface area contributed by atoms with Crippen LogP contribution in [0.25, 0.3) is 0 Å². The van der Waals surface area contributed by atoms with Crippen LogP contribution in [-0.4, -0.2) is 13.2 Å². The van der Waals surface area contributed by atoms with Crippen molar-refractivity contribution >= 4 is 0 Å². The molecule has 0 unspecified atom stereocenters. The van der Waals surface area contributed by atoms with E-state index in [1.165, 1.54) is 0 Å². The van der Waals surface area contributed by atoms with Crippen molar-refractivity contribution < 1.29 is 26.7 Å². The van der Waals surface area contributed by atoms with E-state index in [0.717, 1.165) is 0 Å². The van der Waals surface area contributed by atoms with Crippen molar-refractivity contribution in [2.45, 2.75) is 26.7 Å². The van der Waals surface area contributed by atoms with Crippen molar-refractivity contribution in [2.24, 2.45) is 11.1 Å². The highest BCUT2D eigenvalue weighted by Crippen LogP contribution is 2.29. The summed E-state index contributed by atoms with van der Waals surface area (Å²) in [6.45, 7) is 4.04. The van der Waals surface area contributed by atoms with Gasteiger partial charge < -0.3 is 10.5 Å². The largest absolute Gasteiger partial charge is 0.487 e. The van der Waals surface area contributed by atoms with Crippen molar-refractivity contribution in [1.82, 2.24) is 0 Å². The van der Waals surface area contributed by atoms with E-state index in [1.807, 2.05) is 13.8 Å². The maximum atomic E-state index is 13.3. The minimum Gasteiger partial charge on any atom is -0.487 e. The molecule has 114 valence electrons. The third-order valence-electron chi connectivity index (χ3n) is 2.97. The minimum atomic E-state index is -2.20. The number of nitrogens with two attached hydrogens (primary N) is 1. The molecule has 0 aromatic heterocycles. The van der Waals surface area contributed by atoms with Crippen LogP contribution in [0.4, 0.5) is 22.0 Å². The van der Waals surface area contributed by atoms with Crippen LogP contribution < -0.4 is 10.5 Å². The molecule has 0 aliphatic heterocycles. The average molecular weight is 297 g/mol. The maximum Gasteiger partial charge on any atom is 0.206 e. The maximum absolute atomic E-state index is 13.3. The molecular formula is C13H16F5NO. The summed E-state index contributed by atoms with van der Waals surface area (Å²) in [4.78, 5) is 0. The molecule has 2 N–H and O–H groups in total. The Labute approximate surface area is 113 Å². The van der Waals surface area contributed by atoms with Crippen molar-refractivity contribution in [3.63, 3.8) is 0 Å². The van der Waals surface area contributed by atoms with Crippen LogP contribution in [0.2, 0.25) is 0 Å². The molecule has 20 heavy (non-hydrogen) atoms. The molecule has 0 bridgehead atoms. The molecule has 0 spiro atoms. The highest BCUT2D eigenvalue weighted by molar-refractivity contribution is 5.29. The van der Waals surface area contributed by atoms with E-state index < -0.39 is 34.8 Å². The van der Waals surface area contributed by atoms with Gasteiger partial charge in [-0.3, -0.25) is 0 Å². The number of benzene rings is 1. The van der Waals surface area contributed by atoms with Crippen molar-refractivity contribution in [3.8, 4) is 5.75 Å². The molecule has 0 fully saturated rings. The number of hydrogen-bond donors (Lipinski definition) is 1. The Kier molecular flexibility index (Phi) is 5.33. The van der Waals surface area contributed by atoms with E-state index >= 15 is 0 Å². The fourth-order valence-electron chi connectivity index (χ4n) is 1.54. The Morgan fingerprint density at radius 3 is 1.80 bits per heavy atom. The van der Waals surface area contributed by atoms with Crippen LogP contribution in [0, 0.1) is 34.5 Å². The van der Waals surface area contributed by atoms with Crippen LogP contribution >= 0.6 is 0 Å². The molecule has 0 aliphatic carbocycles. The smallest absolute Gasteiger partial charge is 0.206 e. The molecule has 1 aromatic rings. The zero-order chi connectivity index (χ0) is 15.5. The summed E-state index contributed by atoms with van der Waals surface area (Å²) in [5.74, 6) is -11.4. The highest BCUT2D eigenvalue weighted by atomic mass is 19.2. The van der Waals surface area contributed by atoms with Crippen LogP contribution in [0.1, 0.15) is 26.7 Å². The highest BCUT2D eigenvalue weighted by Gasteiger charge is 2.27. The first-order valence-electron chi connectivity index (χ1n) is 6.05. The van der Waals surface area contributed by atoms with Crippen LogP contribution in [-0.2, 0) is 0 Å². The Bertz CT molecular complexity index is 461. The van der Waals surface area contributed by atoms with E-state index in [-0.39, 0.29) is 12.0 Å². The van der Waals surface area contributed by atoms with Gasteiger partial charge in [-0.2, -0.15) is 8.78 Å². The molecule has 1 rings (SSSR count). The quantitative estimate of drug-likeness (QED) is 0.377. The monoisotopic (exact) mass is 297 g/mol. The van der Waals surface area contributed by atoms with Crippen molar-refractivity contribution in [1.29, 1.82) is 0 Å². The van der Waals surface area contributed by atoms with Crippen molar-refractivity contribution in [3.05, 3.63) is 29.1 Å². The van der Waals surface area contributed by atoms with Gasteiger partial charge >= 0.3 is 0 Å². The Balaban J connectivity index is 2.75. The molecule has 1 aromatic carbocycles. The number of halogens is 5. The fourth-order valence-corrected chi connectivity index (χ4v) is 1.54. The lowest BCUT2D eigenvalue weighted by molar-refractivity contribution is 0.233. The van der Waals surface area contributed by atoms with Gasteiger partial charge in [0, 0.05) is 0 Å². The molecule has 0 heterocycles. The lowest BCUT2D eigenvalue weighted by atomic mass is 9.88. The van der Waals surface area contributed by atoms with Gasteiger partial charge in [0.05, 0.1) is 6.61 Å². The predicted octanol–water partition coefficient (Wildman–Crippen LogP) is 3.53. The lowest BCUT2D eigenvalue weighted by Crippen LogP contribution is -2.24. The van der Waals surface area contributed by atoms with Gasteiger partial charge in [0.2, 0.25) is 29.1 Å². The summed E-state index contributed by atoms with van der Waals surface area (Å²) in [6.07, 6.45) is 0.975. The van der Waals surface area contributed by atoms with E-state index in [9.17, 15) is 22.0 Å². The summed E-state index contributed by atoms with van der Waals surface area (Å²) in [6, 6.07) is 0. The van der Waals surface area contributed by atoms with Crippen molar-refractivity contribution in [2.75, 3.05) is 13.2 Å². The molecule has 0 amide bonds. The second-order valence-corrected chi connectivity index (χ2v) is 5.22. The Morgan fingerprint density at radius 2 is 1.35 bits per heavy atom. The lowest BCUT2D eigenvalue weighted by Gasteiger charge is -2.22. The zero-order valence-corrected chi connectivity index (χ0v) is 11.2. The molecule has 0 radical (unpaired) electrons. The van der Waals surface area contributed by atoms with E-state index in [0.29, 0.717) is 19.4 Å². The second kappa shape index (κ2) is 6.39. The normalized spacial score (nSPS) is 11.8. The van der Waals surface area contributed by atoms with E-state index in [2.05, 4.69) is 4.74 Å². The molecule has 0 atom stereocenters. The number of rotatable bonds is 6. The molecule has 0 aliphatic rings. The number of hydrogen-bond acceptors (Lipinski definition) is 2. The minimum absolute atomic E-state index is 0.165. The van der Waals surface area contributed by atoms with Crippen LogP contribution in [0.15, 0.2) is 0 Å². The van der Waals surface area contributed by atoms with Crippen LogP contribution in [0.3, 0.4) is 0 Å². The fraction of sp³-hybridized carbons (Fsp3) is 0.538. The molecule has 0 saturated heterocycles. The summed E-state index contributed by atoms with van der Waals surface area (Å²) < 4.78 is 69.8. The third-order valence-corrected chi connectivity index (χ3v) is 2.97. The van der Waals surface area contributed by atoms with E-state index in [4.69, 9.17) is 5.73 Å². The SMILES string of the molecule is CC(C)(CN)CCCOc1c(F)c(F)c(F)c(F)c1F. The van der Waals surface area contributed by atoms with Gasteiger partial charge in [0.15, 0.2) is 5.75 Å². The summed E-state index contributed by atoms with van der Waals surface area (Å²) in [7, 11) is 0. The van der Waals surface area contributed by atoms with Gasteiger partial charge in [-0.1, -0.05) is 13.8 Å². The third kappa shape index (κ3) is 3.59. The molecule has 0 saturated carbocycles. The van der Waals surface area contributed by atoms with Gasteiger partial charge in [0.25, 0.3) is 0 Å². The first kappa shape index (κ1) is 16.7. The summed E-state index contributed by atoms with van der Waals surface area (Å²) in [5.41, 5.74) is 5.32. The zero-order valence-electron chi connectivity index (χ0n) is 11.2. The molecular weight excluding hydrogens is 281 g/mol. The van der Waals surface area contributed by atoms with Crippen LogP contribution in [0.5, 0.6) is 5.75 Å². The predicted molar refractivity (Wildman–Crippen MR) is 63.8 cm³/mol. The average Bonchev–Trinajstić information content (AvgIpc) is 2.42. The van der Waals surface area contributed by atoms with Gasteiger partial charge in [-0.25, -0.2) is 13.2 Å². The number of ether oxygens (including phenoxy) is 1. The topological polar surface area (TPSA) is 35.2 Å². The standard InChI is InChI=1S/C13H16F5NO/c1-13(2,6-19)4-3-5-20-12-10(17)8(15)7(14)9(16)11(12)18/h3-6,19H2,1-2H3. The summed E-state index contributed by atoms with van der Waals surface area (Å²) >= 11 is 0. The first-order chi connectivity index (χ1) is 9.21. The molecule has 7 heteroatoms.